The van der Waals surface area contributed by atoms with E-state index < -0.39 is 0 Å². The first-order valence-corrected chi connectivity index (χ1v) is 14.1. The maximum Gasteiger partial charge on any atom is 0.262 e. The molecule has 4 heterocycles. The molecule has 0 spiro atoms. The molecule has 2 fully saturated rings. The third kappa shape index (κ3) is 5.31. The fourth-order valence-corrected chi connectivity index (χ4v) is 7.01. The summed E-state index contributed by atoms with van der Waals surface area (Å²) in [5.41, 5.74) is 1.19. The fourth-order valence-electron chi connectivity index (χ4n) is 5.79. The van der Waals surface area contributed by atoms with Crippen LogP contribution in [0.1, 0.15) is 55.9 Å². The van der Waals surface area contributed by atoms with E-state index in [1.807, 2.05) is 9.80 Å². The molecule has 0 unspecified atom stereocenters. The van der Waals surface area contributed by atoms with Gasteiger partial charge in [-0.3, -0.25) is 19.0 Å². The average molecular weight is 500 g/mol. The van der Waals surface area contributed by atoms with Crippen LogP contribution in [0, 0.1) is 5.92 Å². The number of likely N-dealkylation sites (tertiary alicyclic amines) is 1. The summed E-state index contributed by atoms with van der Waals surface area (Å²) < 4.78 is 1.62. The highest BCUT2D eigenvalue weighted by atomic mass is 32.1. The number of thiophene rings is 1. The number of aromatic nitrogens is 2. The van der Waals surface area contributed by atoms with Crippen molar-refractivity contribution in [3.63, 3.8) is 0 Å². The van der Waals surface area contributed by atoms with E-state index in [1.165, 1.54) is 16.9 Å². The molecule has 2 aromatic rings. The van der Waals surface area contributed by atoms with Crippen LogP contribution in [0.5, 0.6) is 0 Å². The van der Waals surface area contributed by atoms with Crippen molar-refractivity contribution in [3.8, 4) is 0 Å². The van der Waals surface area contributed by atoms with E-state index in [0.717, 1.165) is 75.0 Å². The predicted octanol–water partition coefficient (Wildman–Crippen LogP) is 2.52. The molecule has 190 valence electrons. The summed E-state index contributed by atoms with van der Waals surface area (Å²) in [7, 11) is 0. The van der Waals surface area contributed by atoms with E-state index in [-0.39, 0.29) is 17.4 Å². The lowest BCUT2D eigenvalue weighted by atomic mass is 9.92. The molecule has 2 saturated heterocycles. The highest BCUT2D eigenvalue weighted by Crippen LogP contribution is 2.33. The van der Waals surface area contributed by atoms with Gasteiger partial charge in [0, 0.05) is 63.5 Å². The molecule has 0 N–H and O–H groups in total. The van der Waals surface area contributed by atoms with Gasteiger partial charge >= 0.3 is 0 Å². The maximum atomic E-state index is 13.1. The number of amides is 2. The van der Waals surface area contributed by atoms with E-state index >= 15 is 0 Å². The highest BCUT2D eigenvalue weighted by Gasteiger charge is 2.27. The molecule has 0 aromatic carbocycles. The van der Waals surface area contributed by atoms with Crippen molar-refractivity contribution in [2.24, 2.45) is 5.92 Å². The molecule has 9 heteroatoms. The lowest BCUT2D eigenvalue weighted by molar-refractivity contribution is -0.135. The second kappa shape index (κ2) is 10.8. The Labute approximate surface area is 210 Å². The topological polar surface area (TPSA) is 78.8 Å². The summed E-state index contributed by atoms with van der Waals surface area (Å²) in [6, 6.07) is 0. The number of aryl methyl sites for hydroxylation is 3. The molecule has 35 heavy (non-hydrogen) atoms. The Balaban J connectivity index is 1.10. The standard InChI is InChI=1S/C26H37N5O3S/c1-2-28-13-15-30(16-14-28)23(33)17-19-7-10-29(11-8-19)22(32)9-12-31-18-27-25-24(26(31)34)20-5-3-4-6-21(20)35-25/h18-19H,2-17H2,1H3. The SMILES string of the molecule is CCN1CCN(C(=O)CC2CCN(C(=O)CCn3cnc4sc5c(c4c3=O)CCCC5)CC2)CC1. The summed E-state index contributed by atoms with van der Waals surface area (Å²) in [5.74, 6) is 0.711. The van der Waals surface area contributed by atoms with Gasteiger partial charge in [-0.1, -0.05) is 6.92 Å². The molecule has 0 radical (unpaired) electrons. The van der Waals surface area contributed by atoms with Crippen LogP contribution in [0.4, 0.5) is 0 Å². The van der Waals surface area contributed by atoms with Crippen LogP contribution in [0.15, 0.2) is 11.1 Å². The molecule has 1 aliphatic carbocycles. The van der Waals surface area contributed by atoms with Gasteiger partial charge in [0.15, 0.2) is 0 Å². The molecule has 2 aromatic heterocycles. The second-order valence-corrected chi connectivity index (χ2v) is 11.3. The van der Waals surface area contributed by atoms with Crippen LogP contribution in [0.2, 0.25) is 0 Å². The van der Waals surface area contributed by atoms with Gasteiger partial charge in [-0.25, -0.2) is 4.98 Å². The van der Waals surface area contributed by atoms with Gasteiger partial charge in [-0.2, -0.15) is 0 Å². The van der Waals surface area contributed by atoms with Gasteiger partial charge in [-0.05, 0) is 56.6 Å². The summed E-state index contributed by atoms with van der Waals surface area (Å²) in [6.07, 6.45) is 8.59. The van der Waals surface area contributed by atoms with Crippen LogP contribution in [0.25, 0.3) is 10.2 Å². The van der Waals surface area contributed by atoms with Crippen molar-refractivity contribution in [1.82, 2.24) is 24.3 Å². The Morgan fingerprint density at radius 3 is 2.46 bits per heavy atom. The van der Waals surface area contributed by atoms with Gasteiger partial charge in [0.05, 0.1) is 11.7 Å². The minimum absolute atomic E-state index is 0.000749. The van der Waals surface area contributed by atoms with Gasteiger partial charge in [0.25, 0.3) is 5.56 Å². The molecule has 5 rings (SSSR count). The van der Waals surface area contributed by atoms with Gasteiger partial charge in [-0.15, -0.1) is 11.3 Å². The first-order valence-electron chi connectivity index (χ1n) is 13.3. The molecular formula is C26H37N5O3S. The number of hydrogen-bond donors (Lipinski definition) is 0. The Kier molecular flexibility index (Phi) is 7.53. The Morgan fingerprint density at radius 1 is 1.00 bits per heavy atom. The number of rotatable bonds is 6. The fraction of sp³-hybridized carbons (Fsp3) is 0.692. The normalized spacial score (nSPS) is 19.8. The minimum atomic E-state index is -0.000749. The number of piperazine rings is 1. The third-order valence-electron chi connectivity index (χ3n) is 8.11. The summed E-state index contributed by atoms with van der Waals surface area (Å²) in [6.45, 7) is 8.57. The lowest BCUT2D eigenvalue weighted by Crippen LogP contribution is -2.49. The predicted molar refractivity (Wildman–Crippen MR) is 138 cm³/mol. The zero-order chi connectivity index (χ0) is 24.4. The highest BCUT2D eigenvalue weighted by molar-refractivity contribution is 7.18. The number of carbonyl (C=O) groups excluding carboxylic acids is 2. The average Bonchev–Trinajstić information content (AvgIpc) is 3.28. The minimum Gasteiger partial charge on any atom is -0.343 e. The molecular weight excluding hydrogens is 462 g/mol. The summed E-state index contributed by atoms with van der Waals surface area (Å²) in [5, 5.41) is 0.779. The molecule has 0 saturated carbocycles. The van der Waals surface area contributed by atoms with Crippen LogP contribution >= 0.6 is 11.3 Å². The van der Waals surface area contributed by atoms with Crippen molar-refractivity contribution < 1.29 is 9.59 Å². The van der Waals surface area contributed by atoms with E-state index in [9.17, 15) is 14.4 Å². The molecule has 3 aliphatic rings. The van der Waals surface area contributed by atoms with E-state index in [0.29, 0.717) is 38.4 Å². The number of likely N-dealkylation sites (N-methyl/N-ethyl adjacent to an activating group) is 1. The number of hydrogen-bond acceptors (Lipinski definition) is 6. The van der Waals surface area contributed by atoms with Crippen molar-refractivity contribution in [2.75, 3.05) is 45.8 Å². The monoisotopic (exact) mass is 499 g/mol. The largest absolute Gasteiger partial charge is 0.343 e. The van der Waals surface area contributed by atoms with E-state index in [2.05, 4.69) is 16.8 Å². The Bertz CT molecular complexity index is 1130. The first-order chi connectivity index (χ1) is 17.0. The number of piperidine rings is 1. The Hall–Kier alpha value is -2.26. The zero-order valence-electron chi connectivity index (χ0n) is 20.8. The summed E-state index contributed by atoms with van der Waals surface area (Å²) in [4.78, 5) is 51.7. The van der Waals surface area contributed by atoms with Gasteiger partial charge in [0.1, 0.15) is 4.83 Å². The first kappa shape index (κ1) is 24.4. The van der Waals surface area contributed by atoms with Crippen molar-refractivity contribution in [2.45, 2.75) is 64.8 Å². The van der Waals surface area contributed by atoms with E-state index in [1.54, 1.807) is 22.2 Å². The maximum absolute atomic E-state index is 13.1. The van der Waals surface area contributed by atoms with Gasteiger partial charge < -0.3 is 14.7 Å². The quantitative estimate of drug-likeness (QED) is 0.610. The van der Waals surface area contributed by atoms with Crippen LogP contribution < -0.4 is 5.56 Å². The summed E-state index contributed by atoms with van der Waals surface area (Å²) >= 11 is 1.66. The molecule has 0 atom stereocenters. The zero-order valence-corrected chi connectivity index (χ0v) is 21.7. The lowest BCUT2D eigenvalue weighted by Gasteiger charge is -2.36. The molecule has 2 amide bonds. The van der Waals surface area contributed by atoms with Gasteiger partial charge in [0.2, 0.25) is 11.8 Å². The molecule has 8 nitrogen and oxygen atoms in total. The third-order valence-corrected chi connectivity index (χ3v) is 9.31. The number of carbonyl (C=O) groups is 2. The number of fused-ring (bicyclic) bond motifs is 3. The Morgan fingerprint density at radius 2 is 1.71 bits per heavy atom. The second-order valence-electron chi connectivity index (χ2n) is 10.2. The van der Waals surface area contributed by atoms with Crippen molar-refractivity contribution in [1.29, 1.82) is 0 Å². The van der Waals surface area contributed by atoms with Crippen LogP contribution in [0.3, 0.4) is 0 Å². The van der Waals surface area contributed by atoms with Crippen molar-refractivity contribution in [3.05, 3.63) is 27.1 Å². The van der Waals surface area contributed by atoms with Crippen LogP contribution in [-0.4, -0.2) is 81.9 Å². The van der Waals surface area contributed by atoms with Crippen molar-refractivity contribution >= 4 is 33.4 Å². The molecule has 2 aliphatic heterocycles. The molecule has 0 bridgehead atoms. The smallest absolute Gasteiger partial charge is 0.262 e. The number of nitrogens with zero attached hydrogens (tertiary/aromatic N) is 5. The van der Waals surface area contributed by atoms with E-state index in [4.69, 9.17) is 0 Å². The van der Waals surface area contributed by atoms with Crippen LogP contribution in [-0.2, 0) is 29.0 Å².